The molecule has 11 heteroatoms. The van der Waals surface area contributed by atoms with Crippen molar-refractivity contribution in [3.63, 3.8) is 0 Å². The number of carbonyl (C=O) groups is 3. The molecule has 1 aromatic rings. The van der Waals surface area contributed by atoms with E-state index in [1.54, 1.807) is 24.8 Å². The summed E-state index contributed by atoms with van der Waals surface area (Å²) in [6, 6.07) is 3.41. The number of nitrogens with one attached hydrogen (secondary N) is 2. The highest BCUT2D eigenvalue weighted by molar-refractivity contribution is 5.91. The van der Waals surface area contributed by atoms with Crippen molar-refractivity contribution in [3.8, 4) is 0 Å². The molecule has 1 saturated carbocycles. The van der Waals surface area contributed by atoms with Crippen molar-refractivity contribution in [1.29, 1.82) is 0 Å². The molecule has 2 aliphatic rings. The first-order valence-corrected chi connectivity index (χ1v) is 13.3. The molecule has 0 spiro atoms. The van der Waals surface area contributed by atoms with Gasteiger partial charge in [-0.15, -0.1) is 0 Å². The molecule has 212 valence electrons. The van der Waals surface area contributed by atoms with Gasteiger partial charge in [0.05, 0.1) is 11.6 Å². The molecule has 3 rings (SSSR count). The maximum atomic E-state index is 15.0. The molecular formula is C27H38F4N4O3. The number of hydrogen-bond donors (Lipinski definition) is 2. The molecule has 2 N–H and O–H groups in total. The second kappa shape index (κ2) is 12.9. The first-order valence-electron chi connectivity index (χ1n) is 13.3. The van der Waals surface area contributed by atoms with E-state index in [1.165, 1.54) is 12.1 Å². The third-order valence-electron chi connectivity index (χ3n) is 7.80. The second-order valence-electron chi connectivity index (χ2n) is 10.6. The summed E-state index contributed by atoms with van der Waals surface area (Å²) in [5.41, 5.74) is 0.462. The monoisotopic (exact) mass is 542 g/mol. The van der Waals surface area contributed by atoms with Crippen LogP contribution in [0.15, 0.2) is 18.2 Å². The van der Waals surface area contributed by atoms with Crippen LogP contribution in [0.5, 0.6) is 0 Å². The van der Waals surface area contributed by atoms with Crippen LogP contribution < -0.4 is 10.6 Å². The van der Waals surface area contributed by atoms with Crippen molar-refractivity contribution < 1.29 is 31.9 Å². The molecule has 1 aromatic carbocycles. The normalized spacial score (nSPS) is 22.4. The van der Waals surface area contributed by atoms with Crippen LogP contribution in [0.3, 0.4) is 0 Å². The minimum atomic E-state index is -4.21. The Morgan fingerprint density at radius 1 is 1.03 bits per heavy atom. The topological polar surface area (TPSA) is 81.8 Å². The van der Waals surface area contributed by atoms with Crippen molar-refractivity contribution in [1.82, 2.24) is 15.1 Å². The fourth-order valence-electron chi connectivity index (χ4n) is 5.17. The largest absolute Gasteiger partial charge is 0.391 e. The smallest absolute Gasteiger partial charge is 0.344 e. The average Bonchev–Trinajstić information content (AvgIpc) is 2.87. The van der Waals surface area contributed by atoms with Gasteiger partial charge in [-0.1, -0.05) is 19.9 Å². The number of hydrogen-bond acceptors (Lipinski definition) is 4. The van der Waals surface area contributed by atoms with E-state index in [1.807, 2.05) is 7.05 Å². The Hall–Kier alpha value is -2.69. The summed E-state index contributed by atoms with van der Waals surface area (Å²) in [4.78, 5) is 41.8. The summed E-state index contributed by atoms with van der Waals surface area (Å²) in [6.45, 7) is 5.97. The zero-order valence-electron chi connectivity index (χ0n) is 22.2. The maximum absolute atomic E-state index is 15.0. The lowest BCUT2D eigenvalue weighted by Gasteiger charge is -2.36. The molecule has 38 heavy (non-hydrogen) atoms. The molecule has 0 unspecified atom stereocenters. The fraction of sp³-hybridized carbons (Fsp3) is 0.667. The number of carbonyl (C=O) groups excluding carboxylic acids is 3. The van der Waals surface area contributed by atoms with Crippen LogP contribution >= 0.6 is 0 Å². The van der Waals surface area contributed by atoms with Gasteiger partial charge in [-0.05, 0) is 56.3 Å². The van der Waals surface area contributed by atoms with Crippen molar-refractivity contribution >= 4 is 23.4 Å². The van der Waals surface area contributed by atoms with Crippen LogP contribution in [-0.2, 0) is 14.4 Å². The fourth-order valence-corrected chi connectivity index (χ4v) is 5.17. The summed E-state index contributed by atoms with van der Waals surface area (Å²) in [7, 11) is 1.97. The van der Waals surface area contributed by atoms with Gasteiger partial charge in [-0.2, -0.15) is 13.2 Å². The Balaban J connectivity index is 1.63. The average molecular weight is 543 g/mol. The van der Waals surface area contributed by atoms with Crippen molar-refractivity contribution in [3.05, 3.63) is 29.6 Å². The molecule has 1 aliphatic heterocycles. The van der Waals surface area contributed by atoms with Gasteiger partial charge in [-0.3, -0.25) is 14.4 Å². The Labute approximate surface area is 221 Å². The van der Waals surface area contributed by atoms with Gasteiger partial charge in [0.2, 0.25) is 17.7 Å². The van der Waals surface area contributed by atoms with Crippen LogP contribution in [0.1, 0.15) is 63.9 Å². The van der Waals surface area contributed by atoms with E-state index in [9.17, 15) is 31.9 Å². The van der Waals surface area contributed by atoms with E-state index >= 15 is 0 Å². The molecule has 0 bridgehead atoms. The SMILES string of the molecule is CCC(=O)N[C@@H](C(=O)N1CCN(C)CC1)[C@@H](C)c1ccc(NC(=O)CC2CCC(C(F)(F)F)CC2)c(F)c1. The zero-order chi connectivity index (χ0) is 28.0. The van der Waals surface area contributed by atoms with Gasteiger partial charge < -0.3 is 20.4 Å². The second-order valence-corrected chi connectivity index (χ2v) is 10.6. The molecule has 7 nitrogen and oxygen atoms in total. The zero-order valence-corrected chi connectivity index (χ0v) is 22.2. The quantitative estimate of drug-likeness (QED) is 0.480. The standard InChI is InChI=1S/C27H38F4N4O3/c1-4-23(36)33-25(26(38)35-13-11-34(3)12-14-35)17(2)19-7-10-22(21(28)16-19)32-24(37)15-18-5-8-20(9-6-18)27(29,30)31/h7,10,16-18,20,25H,4-6,8-9,11-15H2,1-3H3,(H,32,37)(H,33,36)/t17-,18?,20?,25+/m0/s1. The van der Waals surface area contributed by atoms with Crippen molar-refractivity contribution in [2.75, 3.05) is 38.5 Å². The molecule has 1 heterocycles. The highest BCUT2D eigenvalue weighted by Crippen LogP contribution is 2.40. The number of nitrogens with zero attached hydrogens (tertiary/aromatic N) is 2. The third kappa shape index (κ3) is 7.91. The third-order valence-corrected chi connectivity index (χ3v) is 7.80. The molecule has 1 saturated heterocycles. The van der Waals surface area contributed by atoms with E-state index in [0.717, 1.165) is 13.1 Å². The number of halogens is 4. The summed E-state index contributed by atoms with van der Waals surface area (Å²) in [5.74, 6) is -3.64. The van der Waals surface area contributed by atoms with Gasteiger partial charge in [0.15, 0.2) is 0 Å². The molecular weight excluding hydrogens is 504 g/mol. The number of benzene rings is 1. The van der Waals surface area contributed by atoms with Gasteiger partial charge in [0, 0.05) is 44.9 Å². The van der Waals surface area contributed by atoms with Crippen LogP contribution in [0.2, 0.25) is 0 Å². The number of piperazine rings is 1. The number of amides is 3. The van der Waals surface area contributed by atoms with Gasteiger partial charge in [0.25, 0.3) is 0 Å². The van der Waals surface area contributed by atoms with Crippen molar-refractivity contribution in [2.24, 2.45) is 11.8 Å². The molecule has 0 radical (unpaired) electrons. The Morgan fingerprint density at radius 2 is 1.66 bits per heavy atom. The first-order chi connectivity index (χ1) is 17.9. The summed E-state index contributed by atoms with van der Waals surface area (Å²) < 4.78 is 53.6. The summed E-state index contributed by atoms with van der Waals surface area (Å²) in [5, 5.41) is 5.32. The van der Waals surface area contributed by atoms with E-state index in [0.29, 0.717) is 31.5 Å². The molecule has 3 amide bonds. The predicted octanol–water partition coefficient (Wildman–Crippen LogP) is 4.30. The number of alkyl halides is 3. The van der Waals surface area contributed by atoms with E-state index in [-0.39, 0.29) is 49.1 Å². The predicted molar refractivity (Wildman–Crippen MR) is 136 cm³/mol. The lowest BCUT2D eigenvalue weighted by Crippen LogP contribution is -2.55. The van der Waals surface area contributed by atoms with Gasteiger partial charge in [-0.25, -0.2) is 4.39 Å². The minimum Gasteiger partial charge on any atom is -0.344 e. The molecule has 2 fully saturated rings. The molecule has 2 atom stereocenters. The number of rotatable bonds is 8. The van der Waals surface area contributed by atoms with E-state index in [2.05, 4.69) is 15.5 Å². The lowest BCUT2D eigenvalue weighted by molar-refractivity contribution is -0.184. The Kier molecular flexibility index (Phi) is 10.1. The van der Waals surface area contributed by atoms with Crippen molar-refractivity contribution in [2.45, 2.75) is 70.5 Å². The number of anilines is 1. The maximum Gasteiger partial charge on any atom is 0.391 e. The first kappa shape index (κ1) is 29.9. The highest BCUT2D eigenvalue weighted by atomic mass is 19.4. The number of likely N-dealkylation sites (N-methyl/N-ethyl adjacent to an activating group) is 1. The van der Waals surface area contributed by atoms with Gasteiger partial charge >= 0.3 is 6.18 Å². The Morgan fingerprint density at radius 3 is 2.21 bits per heavy atom. The Bertz CT molecular complexity index is 987. The minimum absolute atomic E-state index is 0.00494. The van der Waals surface area contributed by atoms with E-state index in [4.69, 9.17) is 0 Å². The van der Waals surface area contributed by atoms with Crippen LogP contribution in [0, 0.1) is 17.7 Å². The molecule has 0 aromatic heterocycles. The highest BCUT2D eigenvalue weighted by Gasteiger charge is 2.41. The van der Waals surface area contributed by atoms with Crippen LogP contribution in [0.25, 0.3) is 0 Å². The van der Waals surface area contributed by atoms with Crippen LogP contribution in [0.4, 0.5) is 23.2 Å². The summed E-state index contributed by atoms with van der Waals surface area (Å²) in [6.07, 6.45) is -3.34. The van der Waals surface area contributed by atoms with Crippen LogP contribution in [-0.4, -0.2) is 73.0 Å². The summed E-state index contributed by atoms with van der Waals surface area (Å²) >= 11 is 0. The van der Waals surface area contributed by atoms with E-state index < -0.39 is 35.8 Å². The molecule has 1 aliphatic carbocycles. The van der Waals surface area contributed by atoms with Gasteiger partial charge in [0.1, 0.15) is 11.9 Å². The lowest BCUT2D eigenvalue weighted by atomic mass is 9.80.